The molecule has 0 spiro atoms. The summed E-state index contributed by atoms with van der Waals surface area (Å²) < 4.78 is 5.31. The summed E-state index contributed by atoms with van der Waals surface area (Å²) in [4.78, 5) is 21.5. The van der Waals surface area contributed by atoms with Gasteiger partial charge in [-0.1, -0.05) is 12.1 Å². The lowest BCUT2D eigenvalue weighted by Gasteiger charge is -2.36. The quantitative estimate of drug-likeness (QED) is 0.738. The normalized spacial score (nSPS) is 14.2. The fourth-order valence-corrected chi connectivity index (χ4v) is 3.43. The zero-order chi connectivity index (χ0) is 19.3. The summed E-state index contributed by atoms with van der Waals surface area (Å²) in [5.74, 6) is 1.54. The number of anilines is 2. The summed E-state index contributed by atoms with van der Waals surface area (Å²) in [5, 5.41) is 3.20. The lowest BCUT2D eigenvalue weighted by molar-refractivity contribution is 0.0746. The molecular weight excluding hydrogens is 352 g/mol. The molecule has 3 aromatic rings. The summed E-state index contributed by atoms with van der Waals surface area (Å²) in [6.45, 7) is 5.74. The number of nitrogens with one attached hydrogen (secondary N) is 1. The summed E-state index contributed by atoms with van der Waals surface area (Å²) in [5.41, 5.74) is 3.13. The zero-order valence-electron chi connectivity index (χ0n) is 16.0. The van der Waals surface area contributed by atoms with E-state index in [4.69, 9.17) is 4.42 Å². The fraction of sp³-hybridized carbons (Fsp3) is 0.273. The van der Waals surface area contributed by atoms with Crippen LogP contribution in [0.2, 0.25) is 0 Å². The SMILES string of the molecule is Cc1cccc(N2CCN(C(=O)c3ccnc(NCc4ccco4)c3)CC2)c1. The van der Waals surface area contributed by atoms with Crippen molar-refractivity contribution in [1.29, 1.82) is 0 Å². The van der Waals surface area contributed by atoms with Gasteiger partial charge >= 0.3 is 0 Å². The Labute approximate surface area is 164 Å². The van der Waals surface area contributed by atoms with Gasteiger partial charge in [-0.3, -0.25) is 4.79 Å². The lowest BCUT2D eigenvalue weighted by atomic mass is 10.1. The average Bonchev–Trinajstić information content (AvgIpc) is 3.26. The molecule has 1 N–H and O–H groups in total. The first kappa shape index (κ1) is 18.1. The second-order valence-corrected chi connectivity index (χ2v) is 6.98. The van der Waals surface area contributed by atoms with E-state index < -0.39 is 0 Å². The van der Waals surface area contributed by atoms with Gasteiger partial charge in [0.25, 0.3) is 5.91 Å². The van der Waals surface area contributed by atoms with Crippen LogP contribution >= 0.6 is 0 Å². The Balaban J connectivity index is 1.36. The van der Waals surface area contributed by atoms with E-state index in [1.165, 1.54) is 11.3 Å². The minimum atomic E-state index is 0.0485. The molecule has 0 unspecified atom stereocenters. The van der Waals surface area contributed by atoms with Crippen molar-refractivity contribution in [2.45, 2.75) is 13.5 Å². The molecule has 2 aromatic heterocycles. The van der Waals surface area contributed by atoms with E-state index in [1.54, 1.807) is 24.6 Å². The van der Waals surface area contributed by atoms with E-state index in [9.17, 15) is 4.79 Å². The van der Waals surface area contributed by atoms with Gasteiger partial charge in [-0.15, -0.1) is 0 Å². The van der Waals surface area contributed by atoms with Gasteiger partial charge in [-0.2, -0.15) is 0 Å². The maximum absolute atomic E-state index is 12.9. The molecule has 0 saturated carbocycles. The van der Waals surface area contributed by atoms with Crippen molar-refractivity contribution in [3.63, 3.8) is 0 Å². The van der Waals surface area contributed by atoms with Gasteiger partial charge in [0.2, 0.25) is 0 Å². The number of amides is 1. The number of aryl methyl sites for hydroxylation is 1. The van der Waals surface area contributed by atoms with Crippen LogP contribution in [0.4, 0.5) is 11.5 Å². The minimum Gasteiger partial charge on any atom is -0.467 e. The monoisotopic (exact) mass is 376 g/mol. The Kier molecular flexibility index (Phi) is 5.28. The highest BCUT2D eigenvalue weighted by atomic mass is 16.3. The molecule has 1 aliphatic rings. The van der Waals surface area contributed by atoms with Gasteiger partial charge in [0.15, 0.2) is 0 Å². The highest BCUT2D eigenvalue weighted by molar-refractivity contribution is 5.95. The van der Waals surface area contributed by atoms with E-state index in [1.807, 2.05) is 17.0 Å². The van der Waals surface area contributed by atoms with Gasteiger partial charge < -0.3 is 19.5 Å². The molecule has 0 radical (unpaired) electrons. The number of hydrogen-bond donors (Lipinski definition) is 1. The highest BCUT2D eigenvalue weighted by Gasteiger charge is 2.22. The maximum atomic E-state index is 12.9. The number of aromatic nitrogens is 1. The van der Waals surface area contributed by atoms with Gasteiger partial charge in [-0.05, 0) is 48.9 Å². The van der Waals surface area contributed by atoms with E-state index in [2.05, 4.69) is 46.4 Å². The van der Waals surface area contributed by atoms with E-state index in [0.717, 1.165) is 18.8 Å². The smallest absolute Gasteiger partial charge is 0.254 e. The Hall–Kier alpha value is -3.28. The molecule has 1 amide bonds. The summed E-state index contributed by atoms with van der Waals surface area (Å²) in [6.07, 6.45) is 3.31. The molecule has 1 aromatic carbocycles. The van der Waals surface area contributed by atoms with Crippen LogP contribution in [0.1, 0.15) is 21.7 Å². The van der Waals surface area contributed by atoms with Crippen LogP contribution < -0.4 is 10.2 Å². The van der Waals surface area contributed by atoms with Crippen LogP contribution in [0.3, 0.4) is 0 Å². The number of carbonyl (C=O) groups excluding carboxylic acids is 1. The number of furan rings is 1. The van der Waals surface area contributed by atoms with Crippen molar-refractivity contribution in [3.8, 4) is 0 Å². The Morgan fingerprint density at radius 2 is 1.96 bits per heavy atom. The summed E-state index contributed by atoms with van der Waals surface area (Å²) in [7, 11) is 0. The van der Waals surface area contributed by atoms with Crippen molar-refractivity contribution >= 4 is 17.4 Å². The second kappa shape index (κ2) is 8.17. The molecule has 28 heavy (non-hydrogen) atoms. The molecule has 1 aliphatic heterocycles. The third kappa shape index (κ3) is 4.17. The molecule has 0 atom stereocenters. The highest BCUT2D eigenvalue weighted by Crippen LogP contribution is 2.19. The number of pyridine rings is 1. The number of rotatable bonds is 5. The maximum Gasteiger partial charge on any atom is 0.254 e. The molecule has 3 heterocycles. The number of hydrogen-bond acceptors (Lipinski definition) is 5. The second-order valence-electron chi connectivity index (χ2n) is 6.98. The number of nitrogens with zero attached hydrogens (tertiary/aromatic N) is 3. The average molecular weight is 376 g/mol. The van der Waals surface area contributed by atoms with E-state index >= 15 is 0 Å². The lowest BCUT2D eigenvalue weighted by Crippen LogP contribution is -2.48. The number of piperazine rings is 1. The van der Waals surface area contributed by atoms with Gasteiger partial charge in [0.05, 0.1) is 12.8 Å². The van der Waals surface area contributed by atoms with Crippen LogP contribution in [0.15, 0.2) is 65.4 Å². The molecule has 0 bridgehead atoms. The van der Waals surface area contributed by atoms with Gasteiger partial charge in [-0.25, -0.2) is 4.98 Å². The van der Waals surface area contributed by atoms with Crippen molar-refractivity contribution in [3.05, 3.63) is 77.9 Å². The molecule has 144 valence electrons. The number of benzene rings is 1. The standard InChI is InChI=1S/C22H24N4O2/c1-17-4-2-5-19(14-17)25-9-11-26(12-10-25)22(27)18-7-8-23-21(15-18)24-16-20-6-3-13-28-20/h2-8,13-15H,9-12,16H2,1H3,(H,23,24). The first-order valence-electron chi connectivity index (χ1n) is 9.52. The molecule has 4 rings (SSSR count). The van der Waals surface area contributed by atoms with Crippen LogP contribution in [-0.2, 0) is 6.54 Å². The van der Waals surface area contributed by atoms with Crippen LogP contribution in [-0.4, -0.2) is 42.0 Å². The molecule has 1 saturated heterocycles. The number of carbonyl (C=O) groups is 1. The largest absolute Gasteiger partial charge is 0.467 e. The third-order valence-corrected chi connectivity index (χ3v) is 4.96. The Morgan fingerprint density at radius 1 is 1.11 bits per heavy atom. The Morgan fingerprint density at radius 3 is 2.71 bits per heavy atom. The third-order valence-electron chi connectivity index (χ3n) is 4.96. The summed E-state index contributed by atoms with van der Waals surface area (Å²) >= 11 is 0. The fourth-order valence-electron chi connectivity index (χ4n) is 3.43. The molecule has 1 fully saturated rings. The minimum absolute atomic E-state index is 0.0485. The van der Waals surface area contributed by atoms with Crippen molar-refractivity contribution in [1.82, 2.24) is 9.88 Å². The van der Waals surface area contributed by atoms with Crippen LogP contribution in [0, 0.1) is 6.92 Å². The summed E-state index contributed by atoms with van der Waals surface area (Å²) in [6, 6.07) is 15.8. The first-order valence-corrected chi connectivity index (χ1v) is 9.52. The van der Waals surface area contributed by atoms with Gasteiger partial charge in [0.1, 0.15) is 11.6 Å². The van der Waals surface area contributed by atoms with Crippen molar-refractivity contribution in [2.24, 2.45) is 0 Å². The zero-order valence-corrected chi connectivity index (χ0v) is 16.0. The van der Waals surface area contributed by atoms with Crippen LogP contribution in [0.25, 0.3) is 0 Å². The molecular formula is C22H24N4O2. The predicted octanol–water partition coefficient (Wildman–Crippen LogP) is 3.56. The van der Waals surface area contributed by atoms with E-state index in [0.29, 0.717) is 31.0 Å². The van der Waals surface area contributed by atoms with Crippen molar-refractivity contribution < 1.29 is 9.21 Å². The topological polar surface area (TPSA) is 61.6 Å². The van der Waals surface area contributed by atoms with Gasteiger partial charge in [0, 0.05) is 43.6 Å². The first-order chi connectivity index (χ1) is 13.7. The molecule has 0 aliphatic carbocycles. The Bertz CT molecular complexity index is 931. The van der Waals surface area contributed by atoms with Crippen LogP contribution in [0.5, 0.6) is 0 Å². The molecule has 6 nitrogen and oxygen atoms in total. The van der Waals surface area contributed by atoms with E-state index in [-0.39, 0.29) is 5.91 Å². The predicted molar refractivity (Wildman–Crippen MR) is 110 cm³/mol. The van der Waals surface area contributed by atoms with Crippen molar-refractivity contribution in [2.75, 3.05) is 36.4 Å². The molecule has 6 heteroatoms.